The Balaban J connectivity index is 1.57. The van der Waals surface area contributed by atoms with Crippen LogP contribution < -0.4 is 15.8 Å². The van der Waals surface area contributed by atoms with E-state index in [9.17, 15) is 9.59 Å². The number of anilines is 2. The molecule has 0 spiro atoms. The Bertz CT molecular complexity index is 1110. The van der Waals surface area contributed by atoms with Crippen LogP contribution in [0.2, 0.25) is 0 Å². The normalized spacial score (nSPS) is 16.1. The molecule has 31 heavy (non-hydrogen) atoms. The van der Waals surface area contributed by atoms with Crippen molar-refractivity contribution in [1.82, 2.24) is 14.5 Å². The number of rotatable bonds is 4. The summed E-state index contributed by atoms with van der Waals surface area (Å²) in [4.78, 5) is 34.8. The van der Waals surface area contributed by atoms with Crippen molar-refractivity contribution in [2.75, 3.05) is 37.0 Å². The standard InChI is InChI=1S/C22H23N5O4/c1-26-20(28)13-18(15-7-9-23-10-8-15)25-21(26)27-11-12-31-19(14-27)16-3-5-17(6-4-16)24-22(29)30-2/h3-10,13,19H,11-12,14H2,1-2H3,(H,24,29). The maximum absolute atomic E-state index is 12.6. The summed E-state index contributed by atoms with van der Waals surface area (Å²) in [5.41, 5.74) is 2.93. The largest absolute Gasteiger partial charge is 0.453 e. The van der Waals surface area contributed by atoms with Crippen LogP contribution in [-0.2, 0) is 16.5 Å². The van der Waals surface area contributed by atoms with Crippen molar-refractivity contribution in [3.63, 3.8) is 0 Å². The number of hydrogen-bond donors (Lipinski definition) is 1. The molecule has 1 saturated heterocycles. The number of amides is 1. The zero-order chi connectivity index (χ0) is 21.8. The molecule has 0 aliphatic carbocycles. The minimum atomic E-state index is -0.520. The molecule has 1 unspecified atom stereocenters. The molecule has 1 amide bonds. The van der Waals surface area contributed by atoms with Crippen molar-refractivity contribution in [2.45, 2.75) is 6.10 Å². The molecule has 1 atom stereocenters. The Morgan fingerprint density at radius 3 is 2.65 bits per heavy atom. The molecular formula is C22H23N5O4. The van der Waals surface area contributed by atoms with Gasteiger partial charge in [-0.25, -0.2) is 9.78 Å². The van der Waals surface area contributed by atoms with Crippen LogP contribution in [0.15, 0.2) is 59.7 Å². The number of nitrogens with one attached hydrogen (secondary N) is 1. The van der Waals surface area contributed by atoms with Gasteiger partial charge in [0.15, 0.2) is 0 Å². The van der Waals surface area contributed by atoms with Gasteiger partial charge < -0.3 is 14.4 Å². The molecule has 0 bridgehead atoms. The third-order valence-electron chi connectivity index (χ3n) is 5.15. The van der Waals surface area contributed by atoms with Crippen molar-refractivity contribution < 1.29 is 14.3 Å². The first-order chi connectivity index (χ1) is 15.0. The minimum Gasteiger partial charge on any atom is -0.453 e. The quantitative estimate of drug-likeness (QED) is 0.691. The SMILES string of the molecule is COC(=O)Nc1ccc(C2CN(c3nc(-c4ccncc4)cc(=O)n3C)CCO2)cc1. The van der Waals surface area contributed by atoms with Gasteiger partial charge in [0, 0.05) is 43.3 Å². The lowest BCUT2D eigenvalue weighted by atomic mass is 10.1. The molecule has 1 aliphatic heterocycles. The van der Waals surface area contributed by atoms with Crippen molar-refractivity contribution in [3.05, 3.63) is 70.8 Å². The van der Waals surface area contributed by atoms with E-state index in [2.05, 4.69) is 19.9 Å². The lowest BCUT2D eigenvalue weighted by Gasteiger charge is -2.34. The van der Waals surface area contributed by atoms with Gasteiger partial charge in [-0.2, -0.15) is 0 Å². The van der Waals surface area contributed by atoms with E-state index in [-0.39, 0.29) is 11.7 Å². The molecule has 9 nitrogen and oxygen atoms in total. The molecule has 1 fully saturated rings. The average molecular weight is 421 g/mol. The molecule has 4 rings (SSSR count). The van der Waals surface area contributed by atoms with E-state index >= 15 is 0 Å². The number of nitrogens with zero attached hydrogens (tertiary/aromatic N) is 4. The summed E-state index contributed by atoms with van der Waals surface area (Å²) >= 11 is 0. The number of morpholine rings is 1. The predicted octanol–water partition coefficient (Wildman–Crippen LogP) is 2.60. The number of pyridine rings is 1. The minimum absolute atomic E-state index is 0.127. The Labute approximate surface area is 179 Å². The molecule has 9 heteroatoms. The highest BCUT2D eigenvalue weighted by Gasteiger charge is 2.25. The Morgan fingerprint density at radius 1 is 1.19 bits per heavy atom. The molecule has 0 saturated carbocycles. The first kappa shape index (κ1) is 20.5. The molecule has 3 heterocycles. The van der Waals surface area contributed by atoms with Crippen LogP contribution in [0, 0.1) is 0 Å². The number of carbonyl (C=O) groups excluding carboxylic acids is 1. The topological polar surface area (TPSA) is 98.6 Å². The predicted molar refractivity (Wildman–Crippen MR) is 116 cm³/mol. The fraction of sp³-hybridized carbons (Fsp3) is 0.273. The van der Waals surface area contributed by atoms with E-state index in [1.165, 1.54) is 13.2 Å². The Hall–Kier alpha value is -3.72. The van der Waals surface area contributed by atoms with Gasteiger partial charge in [-0.1, -0.05) is 12.1 Å². The number of benzene rings is 1. The summed E-state index contributed by atoms with van der Waals surface area (Å²) in [6, 6.07) is 12.6. The first-order valence-corrected chi connectivity index (χ1v) is 9.85. The van der Waals surface area contributed by atoms with Crippen LogP contribution in [0.4, 0.5) is 16.4 Å². The Morgan fingerprint density at radius 2 is 1.94 bits per heavy atom. The molecular weight excluding hydrogens is 398 g/mol. The number of ether oxygens (including phenoxy) is 2. The van der Waals surface area contributed by atoms with Gasteiger partial charge in [0.25, 0.3) is 5.56 Å². The fourth-order valence-electron chi connectivity index (χ4n) is 3.46. The van der Waals surface area contributed by atoms with Gasteiger partial charge in [-0.05, 0) is 29.8 Å². The molecule has 2 aromatic heterocycles. The van der Waals surface area contributed by atoms with Crippen molar-refractivity contribution in [2.24, 2.45) is 7.05 Å². The average Bonchev–Trinajstić information content (AvgIpc) is 2.82. The lowest BCUT2D eigenvalue weighted by Crippen LogP contribution is -2.41. The maximum atomic E-state index is 12.6. The van der Waals surface area contributed by atoms with Gasteiger partial charge in [0.2, 0.25) is 5.95 Å². The van der Waals surface area contributed by atoms with Crippen LogP contribution in [0.1, 0.15) is 11.7 Å². The molecule has 1 aromatic carbocycles. The fourth-order valence-corrected chi connectivity index (χ4v) is 3.46. The second kappa shape index (κ2) is 8.97. The van der Waals surface area contributed by atoms with Crippen LogP contribution in [-0.4, -0.2) is 47.4 Å². The smallest absolute Gasteiger partial charge is 0.411 e. The molecule has 3 aromatic rings. The molecule has 1 aliphatic rings. The zero-order valence-corrected chi connectivity index (χ0v) is 17.3. The van der Waals surface area contributed by atoms with E-state index < -0.39 is 6.09 Å². The van der Waals surface area contributed by atoms with Crippen molar-refractivity contribution >= 4 is 17.7 Å². The highest BCUT2D eigenvalue weighted by molar-refractivity contribution is 5.84. The molecule has 160 valence electrons. The summed E-state index contributed by atoms with van der Waals surface area (Å²) in [5, 5.41) is 2.63. The number of aromatic nitrogens is 3. The van der Waals surface area contributed by atoms with Crippen LogP contribution >= 0.6 is 0 Å². The van der Waals surface area contributed by atoms with Gasteiger partial charge in [0.05, 0.1) is 26.0 Å². The Kier molecular flexibility index (Phi) is 5.94. The summed E-state index contributed by atoms with van der Waals surface area (Å²) in [6.07, 6.45) is 2.64. The summed E-state index contributed by atoms with van der Waals surface area (Å²) in [7, 11) is 3.04. The van der Waals surface area contributed by atoms with Crippen LogP contribution in [0.3, 0.4) is 0 Å². The summed E-state index contributed by atoms with van der Waals surface area (Å²) in [6.45, 7) is 1.67. The summed E-state index contributed by atoms with van der Waals surface area (Å²) in [5.74, 6) is 0.594. The van der Waals surface area contributed by atoms with Crippen LogP contribution in [0.5, 0.6) is 0 Å². The number of carbonyl (C=O) groups is 1. The van der Waals surface area contributed by atoms with E-state index in [0.29, 0.717) is 37.0 Å². The highest BCUT2D eigenvalue weighted by atomic mass is 16.5. The first-order valence-electron chi connectivity index (χ1n) is 9.85. The van der Waals surface area contributed by atoms with Gasteiger partial charge in [0.1, 0.15) is 6.10 Å². The second-order valence-corrected chi connectivity index (χ2v) is 7.12. The van der Waals surface area contributed by atoms with E-state index in [1.807, 2.05) is 24.3 Å². The third kappa shape index (κ3) is 4.56. The zero-order valence-electron chi connectivity index (χ0n) is 17.3. The van der Waals surface area contributed by atoms with Gasteiger partial charge in [-0.15, -0.1) is 0 Å². The van der Waals surface area contributed by atoms with Gasteiger partial charge in [-0.3, -0.25) is 19.7 Å². The van der Waals surface area contributed by atoms with Crippen LogP contribution in [0.25, 0.3) is 11.3 Å². The third-order valence-corrected chi connectivity index (χ3v) is 5.15. The number of hydrogen-bond acceptors (Lipinski definition) is 7. The highest BCUT2D eigenvalue weighted by Crippen LogP contribution is 2.27. The van der Waals surface area contributed by atoms with Crippen molar-refractivity contribution in [3.8, 4) is 11.3 Å². The summed E-state index contributed by atoms with van der Waals surface area (Å²) < 4.78 is 12.1. The maximum Gasteiger partial charge on any atom is 0.411 e. The molecule has 1 N–H and O–H groups in total. The van der Waals surface area contributed by atoms with E-state index in [1.54, 1.807) is 36.1 Å². The van der Waals surface area contributed by atoms with E-state index in [0.717, 1.165) is 11.1 Å². The monoisotopic (exact) mass is 421 g/mol. The number of methoxy groups -OCH3 is 1. The van der Waals surface area contributed by atoms with Crippen molar-refractivity contribution in [1.29, 1.82) is 0 Å². The van der Waals surface area contributed by atoms with E-state index in [4.69, 9.17) is 9.72 Å². The lowest BCUT2D eigenvalue weighted by molar-refractivity contribution is 0.0390. The van der Waals surface area contributed by atoms with Gasteiger partial charge >= 0.3 is 6.09 Å². The second-order valence-electron chi connectivity index (χ2n) is 7.12. The molecule has 0 radical (unpaired) electrons.